The van der Waals surface area contributed by atoms with Gasteiger partial charge in [-0.3, -0.25) is 9.78 Å². The van der Waals surface area contributed by atoms with Gasteiger partial charge in [0.25, 0.3) is 5.91 Å². The van der Waals surface area contributed by atoms with Gasteiger partial charge in [-0.15, -0.1) is 0 Å². The van der Waals surface area contributed by atoms with E-state index in [0.29, 0.717) is 5.56 Å². The van der Waals surface area contributed by atoms with Gasteiger partial charge in [-0.1, -0.05) is 0 Å². The molecule has 0 aliphatic carbocycles. The van der Waals surface area contributed by atoms with Crippen LogP contribution in [0.3, 0.4) is 0 Å². The SMILES string of the molecule is CCNc1ccc(C(=O)Nc2cccnc2C)cc1C. The van der Waals surface area contributed by atoms with Crippen molar-refractivity contribution in [3.63, 3.8) is 0 Å². The normalized spacial score (nSPS) is 10.2. The quantitative estimate of drug-likeness (QED) is 0.894. The van der Waals surface area contributed by atoms with Crippen molar-refractivity contribution in [3.8, 4) is 0 Å². The molecule has 1 heterocycles. The Labute approximate surface area is 119 Å². The monoisotopic (exact) mass is 269 g/mol. The zero-order valence-corrected chi connectivity index (χ0v) is 12.0. The van der Waals surface area contributed by atoms with Crippen molar-refractivity contribution in [2.24, 2.45) is 0 Å². The standard InChI is InChI=1S/C16H19N3O/c1-4-17-14-8-7-13(10-11(14)2)16(20)19-15-6-5-9-18-12(15)3/h5-10,17H,4H2,1-3H3,(H,19,20). The van der Waals surface area contributed by atoms with Crippen LogP contribution in [0.5, 0.6) is 0 Å². The third kappa shape index (κ3) is 3.15. The topological polar surface area (TPSA) is 54.0 Å². The van der Waals surface area contributed by atoms with Crippen LogP contribution in [0, 0.1) is 13.8 Å². The van der Waals surface area contributed by atoms with E-state index in [9.17, 15) is 4.79 Å². The average Bonchev–Trinajstić information content (AvgIpc) is 2.43. The van der Waals surface area contributed by atoms with Gasteiger partial charge < -0.3 is 10.6 Å². The van der Waals surface area contributed by atoms with Crippen LogP contribution in [0.4, 0.5) is 11.4 Å². The lowest BCUT2D eigenvalue weighted by molar-refractivity contribution is 0.102. The fourth-order valence-corrected chi connectivity index (χ4v) is 2.00. The third-order valence-corrected chi connectivity index (χ3v) is 3.11. The Hall–Kier alpha value is -2.36. The molecule has 2 N–H and O–H groups in total. The first-order valence-corrected chi connectivity index (χ1v) is 6.69. The average molecular weight is 269 g/mol. The summed E-state index contributed by atoms with van der Waals surface area (Å²) in [6.45, 7) is 6.77. The lowest BCUT2D eigenvalue weighted by Gasteiger charge is -2.11. The molecule has 2 aromatic rings. The predicted molar refractivity (Wildman–Crippen MR) is 82.3 cm³/mol. The summed E-state index contributed by atoms with van der Waals surface area (Å²) in [6, 6.07) is 9.30. The van der Waals surface area contributed by atoms with Gasteiger partial charge in [-0.05, 0) is 56.7 Å². The van der Waals surface area contributed by atoms with E-state index in [2.05, 4.69) is 15.6 Å². The summed E-state index contributed by atoms with van der Waals surface area (Å²) in [5, 5.41) is 6.14. The largest absolute Gasteiger partial charge is 0.385 e. The molecule has 104 valence electrons. The van der Waals surface area contributed by atoms with E-state index in [1.165, 1.54) is 0 Å². The lowest BCUT2D eigenvalue weighted by Crippen LogP contribution is -2.13. The molecule has 1 amide bonds. The van der Waals surface area contributed by atoms with E-state index in [0.717, 1.165) is 29.2 Å². The van der Waals surface area contributed by atoms with Gasteiger partial charge in [0.2, 0.25) is 0 Å². The molecule has 0 bridgehead atoms. The summed E-state index contributed by atoms with van der Waals surface area (Å²) in [5.41, 5.74) is 4.31. The minimum absolute atomic E-state index is 0.118. The minimum Gasteiger partial charge on any atom is -0.385 e. The van der Waals surface area contributed by atoms with Gasteiger partial charge in [-0.25, -0.2) is 0 Å². The number of anilines is 2. The van der Waals surface area contributed by atoms with Crippen LogP contribution in [-0.4, -0.2) is 17.4 Å². The molecule has 0 spiro atoms. The van der Waals surface area contributed by atoms with Crippen LogP contribution in [0.15, 0.2) is 36.5 Å². The van der Waals surface area contributed by atoms with Crippen molar-refractivity contribution in [1.29, 1.82) is 0 Å². The summed E-state index contributed by atoms with van der Waals surface area (Å²) in [6.07, 6.45) is 1.71. The van der Waals surface area contributed by atoms with Gasteiger partial charge in [0.05, 0.1) is 11.4 Å². The number of hydrogen-bond acceptors (Lipinski definition) is 3. The number of benzene rings is 1. The molecule has 0 unspecified atom stereocenters. The van der Waals surface area contributed by atoms with Crippen LogP contribution in [0.2, 0.25) is 0 Å². The van der Waals surface area contributed by atoms with E-state index < -0.39 is 0 Å². The number of amides is 1. The molecule has 0 atom stereocenters. The molecule has 0 saturated heterocycles. The van der Waals surface area contributed by atoms with Crippen molar-refractivity contribution in [2.45, 2.75) is 20.8 Å². The second kappa shape index (κ2) is 6.19. The first kappa shape index (κ1) is 14.1. The summed E-state index contributed by atoms with van der Waals surface area (Å²) in [5.74, 6) is -0.118. The Kier molecular flexibility index (Phi) is 4.35. The Morgan fingerprint density at radius 1 is 1.20 bits per heavy atom. The first-order valence-electron chi connectivity index (χ1n) is 6.69. The molecule has 4 nitrogen and oxygen atoms in total. The number of nitrogens with one attached hydrogen (secondary N) is 2. The zero-order chi connectivity index (χ0) is 14.5. The molecule has 1 aromatic heterocycles. The highest BCUT2D eigenvalue weighted by Crippen LogP contribution is 2.18. The van der Waals surface area contributed by atoms with E-state index in [4.69, 9.17) is 0 Å². The van der Waals surface area contributed by atoms with E-state index in [1.54, 1.807) is 6.20 Å². The van der Waals surface area contributed by atoms with Crippen LogP contribution >= 0.6 is 0 Å². The predicted octanol–water partition coefficient (Wildman–Crippen LogP) is 3.38. The Morgan fingerprint density at radius 3 is 2.65 bits per heavy atom. The number of carbonyl (C=O) groups is 1. The van der Waals surface area contributed by atoms with Crippen LogP contribution in [-0.2, 0) is 0 Å². The van der Waals surface area contributed by atoms with Crippen molar-refractivity contribution in [1.82, 2.24) is 4.98 Å². The second-order valence-electron chi connectivity index (χ2n) is 4.65. The lowest BCUT2D eigenvalue weighted by atomic mass is 10.1. The number of hydrogen-bond donors (Lipinski definition) is 2. The van der Waals surface area contributed by atoms with Crippen molar-refractivity contribution in [3.05, 3.63) is 53.3 Å². The molecule has 2 rings (SSSR count). The summed E-state index contributed by atoms with van der Waals surface area (Å²) >= 11 is 0. The molecular formula is C16H19N3O. The third-order valence-electron chi connectivity index (χ3n) is 3.11. The molecule has 0 aliphatic rings. The molecule has 0 aliphatic heterocycles. The van der Waals surface area contributed by atoms with Crippen molar-refractivity contribution < 1.29 is 4.79 Å². The highest BCUT2D eigenvalue weighted by Gasteiger charge is 2.09. The molecule has 4 heteroatoms. The Morgan fingerprint density at radius 2 is 2.00 bits per heavy atom. The number of carbonyl (C=O) groups excluding carboxylic acids is 1. The highest BCUT2D eigenvalue weighted by molar-refractivity contribution is 6.04. The van der Waals surface area contributed by atoms with E-state index >= 15 is 0 Å². The Bertz CT molecular complexity index is 623. The summed E-state index contributed by atoms with van der Waals surface area (Å²) < 4.78 is 0. The van der Waals surface area contributed by atoms with Crippen LogP contribution in [0.1, 0.15) is 28.5 Å². The molecule has 0 radical (unpaired) electrons. The fraction of sp³-hybridized carbons (Fsp3) is 0.250. The van der Waals surface area contributed by atoms with Gasteiger partial charge in [0, 0.05) is 24.0 Å². The van der Waals surface area contributed by atoms with Crippen LogP contribution < -0.4 is 10.6 Å². The van der Waals surface area contributed by atoms with Gasteiger partial charge >= 0.3 is 0 Å². The van der Waals surface area contributed by atoms with E-state index in [-0.39, 0.29) is 5.91 Å². The first-order chi connectivity index (χ1) is 9.61. The number of aryl methyl sites for hydroxylation is 2. The Balaban J connectivity index is 2.18. The fourth-order valence-electron chi connectivity index (χ4n) is 2.00. The number of nitrogens with zero attached hydrogens (tertiary/aromatic N) is 1. The maximum absolute atomic E-state index is 12.2. The number of rotatable bonds is 4. The number of aromatic nitrogens is 1. The van der Waals surface area contributed by atoms with Crippen LogP contribution in [0.25, 0.3) is 0 Å². The highest BCUT2D eigenvalue weighted by atomic mass is 16.1. The molecule has 0 saturated carbocycles. The minimum atomic E-state index is -0.118. The molecule has 0 fully saturated rings. The summed E-state index contributed by atoms with van der Waals surface area (Å²) in [7, 11) is 0. The summed E-state index contributed by atoms with van der Waals surface area (Å²) in [4.78, 5) is 16.4. The van der Waals surface area contributed by atoms with Gasteiger partial charge in [0.15, 0.2) is 0 Å². The number of pyridine rings is 1. The zero-order valence-electron chi connectivity index (χ0n) is 12.0. The molecule has 20 heavy (non-hydrogen) atoms. The van der Waals surface area contributed by atoms with Gasteiger partial charge in [0.1, 0.15) is 0 Å². The smallest absolute Gasteiger partial charge is 0.255 e. The maximum Gasteiger partial charge on any atom is 0.255 e. The van der Waals surface area contributed by atoms with Gasteiger partial charge in [-0.2, -0.15) is 0 Å². The van der Waals surface area contributed by atoms with E-state index in [1.807, 2.05) is 51.1 Å². The molecular weight excluding hydrogens is 250 g/mol. The molecule has 1 aromatic carbocycles. The van der Waals surface area contributed by atoms with Crippen molar-refractivity contribution in [2.75, 3.05) is 17.2 Å². The van der Waals surface area contributed by atoms with Crippen molar-refractivity contribution >= 4 is 17.3 Å². The second-order valence-corrected chi connectivity index (χ2v) is 4.65. The maximum atomic E-state index is 12.2.